The zero-order valence-corrected chi connectivity index (χ0v) is 21.2. The number of methoxy groups -OCH3 is 1. The number of aromatic nitrogens is 2. The van der Waals surface area contributed by atoms with Crippen LogP contribution in [0.5, 0.6) is 17.2 Å². The molecule has 4 rings (SSSR count). The second-order valence-corrected chi connectivity index (χ2v) is 9.41. The van der Waals surface area contributed by atoms with Crippen LogP contribution in [0.3, 0.4) is 0 Å². The number of phenolic OH excluding ortho intramolecular Hbond substituents is 2. The molecule has 3 heterocycles. The van der Waals surface area contributed by atoms with E-state index in [0.717, 1.165) is 37.9 Å². The number of aromatic hydroxyl groups is 3. The van der Waals surface area contributed by atoms with Gasteiger partial charge in [-0.3, -0.25) is 9.59 Å². The van der Waals surface area contributed by atoms with Crippen LogP contribution in [0.4, 0.5) is 5.82 Å². The van der Waals surface area contributed by atoms with Crippen LogP contribution in [0.2, 0.25) is 0 Å². The van der Waals surface area contributed by atoms with Gasteiger partial charge in [0.1, 0.15) is 11.6 Å². The molecule has 1 aliphatic rings. The zero-order chi connectivity index (χ0) is 26.5. The van der Waals surface area contributed by atoms with Crippen LogP contribution in [-0.2, 0) is 22.5 Å². The second kappa shape index (κ2) is 11.4. The van der Waals surface area contributed by atoms with Crippen molar-refractivity contribution in [2.45, 2.75) is 51.5 Å². The largest absolute Gasteiger partial charge is 0.507 e. The number of hydrogen-bond acceptors (Lipinski definition) is 8. The van der Waals surface area contributed by atoms with Gasteiger partial charge in [0.15, 0.2) is 11.5 Å². The summed E-state index contributed by atoms with van der Waals surface area (Å²) in [6.07, 6.45) is 5.20. The third kappa shape index (κ3) is 5.71. The highest BCUT2D eigenvalue weighted by Crippen LogP contribution is 2.37. The molecule has 1 aliphatic heterocycles. The Hall–Kier alpha value is -4.01. The minimum Gasteiger partial charge on any atom is -0.507 e. The third-order valence-corrected chi connectivity index (χ3v) is 6.98. The molecule has 9 nitrogen and oxygen atoms in total. The quantitative estimate of drug-likeness (QED) is 0.312. The van der Waals surface area contributed by atoms with E-state index in [1.165, 1.54) is 25.3 Å². The lowest BCUT2D eigenvalue weighted by molar-refractivity contribution is -0.140. The summed E-state index contributed by atoms with van der Waals surface area (Å²) in [5, 5.41) is 30.4. The molecule has 0 aliphatic carbocycles. The van der Waals surface area contributed by atoms with Crippen LogP contribution in [0.1, 0.15) is 54.0 Å². The van der Waals surface area contributed by atoms with Crippen molar-refractivity contribution in [3.05, 3.63) is 75.3 Å². The van der Waals surface area contributed by atoms with Crippen LogP contribution in [0.15, 0.2) is 47.4 Å². The third-order valence-electron chi connectivity index (χ3n) is 6.98. The number of piperidine rings is 1. The Labute approximate surface area is 215 Å². The highest BCUT2D eigenvalue weighted by Gasteiger charge is 2.30. The van der Waals surface area contributed by atoms with E-state index in [1.807, 2.05) is 6.07 Å². The zero-order valence-electron chi connectivity index (χ0n) is 21.2. The van der Waals surface area contributed by atoms with Crippen molar-refractivity contribution in [3.8, 4) is 17.2 Å². The first-order valence-corrected chi connectivity index (χ1v) is 12.5. The number of anilines is 1. The number of carbonyl (C=O) groups is 1. The van der Waals surface area contributed by atoms with Gasteiger partial charge in [0.2, 0.25) is 0 Å². The lowest BCUT2D eigenvalue weighted by Gasteiger charge is -2.31. The summed E-state index contributed by atoms with van der Waals surface area (Å²) in [4.78, 5) is 33.1. The lowest BCUT2D eigenvalue weighted by Crippen LogP contribution is -2.33. The standard InChI is InChI=1S/C28H33N3O6/c1-18-15-24(34)26(28(36)31(18)14-10-19-8-9-22(32)23(33)16-19)21(17-25(35)37-2)20-7-6-11-29-27(20)30-12-4-3-5-13-30/h6-9,11,15-16,21,32-34H,3-5,10,12-14,17H2,1-2H3. The molecule has 1 saturated heterocycles. The molecule has 1 atom stereocenters. The second-order valence-electron chi connectivity index (χ2n) is 9.41. The predicted molar refractivity (Wildman–Crippen MR) is 139 cm³/mol. The number of hydrogen-bond donors (Lipinski definition) is 3. The molecule has 0 bridgehead atoms. The fourth-order valence-corrected chi connectivity index (χ4v) is 5.01. The van der Waals surface area contributed by atoms with Crippen molar-refractivity contribution in [2.24, 2.45) is 0 Å². The van der Waals surface area contributed by atoms with Crippen LogP contribution in [0.25, 0.3) is 0 Å². The number of rotatable bonds is 8. The molecule has 3 N–H and O–H groups in total. The lowest BCUT2D eigenvalue weighted by atomic mass is 9.88. The summed E-state index contributed by atoms with van der Waals surface area (Å²) in [5.41, 5.74) is 1.72. The molecule has 1 fully saturated rings. The molecule has 0 radical (unpaired) electrons. The van der Waals surface area contributed by atoms with Crippen LogP contribution >= 0.6 is 0 Å². The van der Waals surface area contributed by atoms with Crippen molar-refractivity contribution >= 4 is 11.8 Å². The van der Waals surface area contributed by atoms with Gasteiger partial charge >= 0.3 is 5.97 Å². The molecule has 2 aromatic heterocycles. The van der Waals surface area contributed by atoms with E-state index in [1.54, 1.807) is 29.8 Å². The number of esters is 1. The van der Waals surface area contributed by atoms with Gasteiger partial charge in [-0.1, -0.05) is 12.1 Å². The van der Waals surface area contributed by atoms with E-state index in [9.17, 15) is 24.9 Å². The first-order chi connectivity index (χ1) is 17.8. The van der Waals surface area contributed by atoms with Gasteiger partial charge in [-0.25, -0.2) is 4.98 Å². The van der Waals surface area contributed by atoms with Crippen molar-refractivity contribution in [1.29, 1.82) is 0 Å². The fraction of sp³-hybridized carbons (Fsp3) is 0.393. The van der Waals surface area contributed by atoms with Gasteiger partial charge in [-0.15, -0.1) is 0 Å². The van der Waals surface area contributed by atoms with E-state index in [-0.39, 0.29) is 35.8 Å². The van der Waals surface area contributed by atoms with E-state index < -0.39 is 17.4 Å². The topological polar surface area (TPSA) is 125 Å². The first-order valence-electron chi connectivity index (χ1n) is 12.5. The Morgan fingerprint density at radius 1 is 1.05 bits per heavy atom. The SMILES string of the molecule is COC(=O)CC(c1cccnc1N1CCCCC1)c1c(O)cc(C)n(CCc2ccc(O)c(O)c2)c1=O. The smallest absolute Gasteiger partial charge is 0.306 e. The van der Waals surface area contributed by atoms with Gasteiger partial charge < -0.3 is 29.5 Å². The average Bonchev–Trinajstić information content (AvgIpc) is 2.90. The van der Waals surface area contributed by atoms with Crippen LogP contribution in [0, 0.1) is 6.92 Å². The molecular weight excluding hydrogens is 474 g/mol. The summed E-state index contributed by atoms with van der Waals surface area (Å²) in [7, 11) is 1.30. The molecule has 0 amide bonds. The molecule has 9 heteroatoms. The minimum atomic E-state index is -0.754. The first kappa shape index (κ1) is 26.1. The van der Waals surface area contributed by atoms with Crippen LogP contribution < -0.4 is 10.5 Å². The maximum atomic E-state index is 13.9. The molecule has 0 spiro atoms. The fourth-order valence-electron chi connectivity index (χ4n) is 5.01. The Kier molecular flexibility index (Phi) is 8.01. The van der Waals surface area contributed by atoms with Gasteiger partial charge in [0.05, 0.1) is 19.1 Å². The maximum absolute atomic E-state index is 13.9. The Morgan fingerprint density at radius 3 is 2.51 bits per heavy atom. The molecular formula is C28H33N3O6. The average molecular weight is 508 g/mol. The number of pyridine rings is 2. The molecule has 0 saturated carbocycles. The number of carbonyl (C=O) groups excluding carboxylic acids is 1. The van der Waals surface area contributed by atoms with E-state index in [4.69, 9.17) is 4.74 Å². The van der Waals surface area contributed by atoms with Gasteiger partial charge in [0.25, 0.3) is 5.56 Å². The number of ether oxygens (including phenoxy) is 1. The molecule has 3 aromatic rings. The van der Waals surface area contributed by atoms with Gasteiger partial charge in [0, 0.05) is 43.0 Å². The maximum Gasteiger partial charge on any atom is 0.306 e. The van der Waals surface area contributed by atoms with Crippen molar-refractivity contribution in [3.63, 3.8) is 0 Å². The van der Waals surface area contributed by atoms with E-state index >= 15 is 0 Å². The van der Waals surface area contributed by atoms with Crippen LogP contribution in [-0.4, -0.2) is 51.0 Å². The highest BCUT2D eigenvalue weighted by atomic mass is 16.5. The molecule has 1 aromatic carbocycles. The number of phenols is 2. The normalized spacial score (nSPS) is 14.4. The Morgan fingerprint density at radius 2 is 1.81 bits per heavy atom. The van der Waals surface area contributed by atoms with Crippen molar-refractivity contribution < 1.29 is 24.9 Å². The van der Waals surface area contributed by atoms with Gasteiger partial charge in [-0.05, 0) is 62.4 Å². The van der Waals surface area contributed by atoms with Crippen molar-refractivity contribution in [2.75, 3.05) is 25.1 Å². The highest BCUT2D eigenvalue weighted by molar-refractivity contribution is 5.72. The number of aryl methyl sites for hydroxylation is 2. The molecule has 1 unspecified atom stereocenters. The van der Waals surface area contributed by atoms with E-state index in [0.29, 0.717) is 23.5 Å². The molecule has 37 heavy (non-hydrogen) atoms. The summed E-state index contributed by atoms with van der Waals surface area (Å²) >= 11 is 0. The Balaban J connectivity index is 1.77. The number of nitrogens with zero attached hydrogens (tertiary/aromatic N) is 3. The Bertz CT molecular complexity index is 1330. The summed E-state index contributed by atoms with van der Waals surface area (Å²) in [5.74, 6) is -1.16. The van der Waals surface area contributed by atoms with E-state index in [2.05, 4.69) is 9.88 Å². The van der Waals surface area contributed by atoms with Crippen molar-refractivity contribution in [1.82, 2.24) is 9.55 Å². The monoisotopic (exact) mass is 507 g/mol. The summed E-state index contributed by atoms with van der Waals surface area (Å²) in [6.45, 7) is 3.67. The minimum absolute atomic E-state index is 0.121. The molecule has 196 valence electrons. The summed E-state index contributed by atoms with van der Waals surface area (Å²) < 4.78 is 6.52. The van der Waals surface area contributed by atoms with Gasteiger partial charge in [-0.2, -0.15) is 0 Å². The predicted octanol–water partition coefficient (Wildman–Crippen LogP) is 3.60. The number of benzene rings is 1. The summed E-state index contributed by atoms with van der Waals surface area (Å²) in [6, 6.07) is 9.70.